The number of nitrogens with one attached hydrogen (secondary N) is 2. The van der Waals surface area contributed by atoms with Crippen LogP contribution < -0.4 is 20.4 Å². The first kappa shape index (κ1) is 32.7. The summed E-state index contributed by atoms with van der Waals surface area (Å²) in [6.45, 7) is -1.02. The van der Waals surface area contributed by atoms with Gasteiger partial charge in [0.15, 0.2) is 0 Å². The minimum atomic E-state index is -3.35. The van der Waals surface area contributed by atoms with Crippen molar-refractivity contribution in [1.82, 2.24) is 15.6 Å². The number of aldehydes is 1. The van der Waals surface area contributed by atoms with Crippen LogP contribution in [0.15, 0.2) is 60.8 Å². The van der Waals surface area contributed by atoms with Gasteiger partial charge in [0.05, 0.1) is 36.1 Å². The summed E-state index contributed by atoms with van der Waals surface area (Å²) < 4.78 is 23.3. The fraction of sp³-hybridized carbons (Fsp3) is 0.300. The highest BCUT2D eigenvalue weighted by Crippen LogP contribution is 2.33. The van der Waals surface area contributed by atoms with Crippen LogP contribution in [0.4, 0.5) is 11.4 Å². The normalized spacial score (nSPS) is 15.5. The van der Waals surface area contributed by atoms with Crippen molar-refractivity contribution in [2.24, 2.45) is 0 Å². The number of benzene rings is 2. The molecule has 4 rings (SSSR count). The minimum absolute atomic E-state index is 0.0179. The summed E-state index contributed by atoms with van der Waals surface area (Å²) in [5.41, 5.74) is 0.385. The van der Waals surface area contributed by atoms with Crippen LogP contribution in [-0.2, 0) is 33.8 Å². The Morgan fingerprint density at radius 2 is 1.76 bits per heavy atom. The number of carbonyl (C=O) groups is 6. The second-order valence-electron chi connectivity index (χ2n) is 10.5. The van der Waals surface area contributed by atoms with E-state index in [0.717, 1.165) is 16.5 Å². The molecule has 0 saturated heterocycles. The molecule has 0 fully saturated rings. The van der Waals surface area contributed by atoms with Gasteiger partial charge in [-0.05, 0) is 30.0 Å². The van der Waals surface area contributed by atoms with Crippen LogP contribution in [0.25, 0.3) is 10.8 Å². The molecule has 15 heteroatoms. The zero-order chi connectivity index (χ0) is 32.7. The summed E-state index contributed by atoms with van der Waals surface area (Å²) in [7, 11) is -3.35. The summed E-state index contributed by atoms with van der Waals surface area (Å²) in [5.74, 6) is -4.41. The van der Waals surface area contributed by atoms with Crippen LogP contribution in [0.5, 0.6) is 0 Å². The van der Waals surface area contributed by atoms with Gasteiger partial charge in [-0.25, -0.2) is 8.42 Å². The van der Waals surface area contributed by atoms with Gasteiger partial charge >= 0.3 is 5.97 Å². The van der Waals surface area contributed by atoms with Gasteiger partial charge in [0.25, 0.3) is 11.8 Å². The topological polar surface area (TPSA) is 200 Å². The van der Waals surface area contributed by atoms with Gasteiger partial charge in [-0.15, -0.1) is 0 Å². The number of sulfone groups is 1. The molecule has 14 nitrogen and oxygen atoms in total. The molecule has 1 aromatic heterocycles. The molecule has 3 aromatic rings. The number of hydrogen-bond acceptors (Lipinski definition) is 9. The van der Waals surface area contributed by atoms with Gasteiger partial charge in [-0.1, -0.05) is 36.4 Å². The Hall–Kier alpha value is -5.18. The minimum Gasteiger partial charge on any atom is -0.481 e. The summed E-state index contributed by atoms with van der Waals surface area (Å²) in [5, 5.41) is 15.2. The van der Waals surface area contributed by atoms with E-state index in [1.165, 1.54) is 23.2 Å². The Labute approximate surface area is 258 Å². The fourth-order valence-electron chi connectivity index (χ4n) is 4.96. The molecule has 45 heavy (non-hydrogen) atoms. The Morgan fingerprint density at radius 3 is 2.44 bits per heavy atom. The number of aromatic nitrogens is 1. The highest BCUT2D eigenvalue weighted by molar-refractivity contribution is 7.90. The van der Waals surface area contributed by atoms with Crippen molar-refractivity contribution in [2.75, 3.05) is 34.9 Å². The lowest BCUT2D eigenvalue weighted by molar-refractivity contribution is -0.139. The number of anilines is 2. The van der Waals surface area contributed by atoms with E-state index in [-0.39, 0.29) is 48.5 Å². The lowest BCUT2D eigenvalue weighted by Gasteiger charge is -2.25. The van der Waals surface area contributed by atoms with Gasteiger partial charge in [-0.2, -0.15) is 0 Å². The Kier molecular flexibility index (Phi) is 10.2. The molecule has 1 aliphatic heterocycles. The van der Waals surface area contributed by atoms with Crippen LogP contribution in [0.3, 0.4) is 0 Å². The van der Waals surface area contributed by atoms with Crippen molar-refractivity contribution < 1.29 is 42.3 Å². The number of pyridine rings is 1. The van der Waals surface area contributed by atoms with Crippen molar-refractivity contribution in [3.63, 3.8) is 0 Å². The number of nitrogens with zero attached hydrogens (tertiary/aromatic N) is 3. The van der Waals surface area contributed by atoms with Gasteiger partial charge < -0.3 is 25.4 Å². The summed E-state index contributed by atoms with van der Waals surface area (Å²) in [4.78, 5) is 83.0. The van der Waals surface area contributed by atoms with E-state index in [1.807, 2.05) is 0 Å². The van der Waals surface area contributed by atoms with Crippen LogP contribution in [-0.4, -0.2) is 91.6 Å². The predicted molar refractivity (Wildman–Crippen MR) is 163 cm³/mol. The molecule has 2 atom stereocenters. The Balaban J connectivity index is 1.70. The molecule has 2 heterocycles. The number of amides is 4. The van der Waals surface area contributed by atoms with E-state index in [1.54, 1.807) is 42.5 Å². The van der Waals surface area contributed by atoms with Gasteiger partial charge in [0.2, 0.25) is 11.8 Å². The van der Waals surface area contributed by atoms with E-state index < -0.39 is 64.5 Å². The maximum absolute atomic E-state index is 14.1. The monoisotopic (exact) mass is 637 g/mol. The maximum atomic E-state index is 14.1. The SMILES string of the molecule is CS(=O)(=O)CCCC(=O)N1CC(NC(=O)c2nccc3ccccc23)C(=O)N(CC(=O)NC(C=O)CC(=O)O)c2ccccc21. The van der Waals surface area contributed by atoms with Gasteiger partial charge in [0.1, 0.15) is 34.4 Å². The number of carboxylic acid groups (broad SMARTS) is 1. The number of carbonyl (C=O) groups excluding carboxylic acids is 5. The number of carboxylic acids is 1. The average Bonchev–Trinajstić information content (AvgIpc) is 3.10. The van der Waals surface area contributed by atoms with Crippen LogP contribution in [0, 0.1) is 0 Å². The number of para-hydroxylation sites is 2. The second kappa shape index (κ2) is 14.1. The summed E-state index contributed by atoms with van der Waals surface area (Å²) in [6, 6.07) is 12.2. The summed E-state index contributed by atoms with van der Waals surface area (Å²) in [6.07, 6.45) is 1.92. The van der Waals surface area contributed by atoms with E-state index >= 15 is 0 Å². The van der Waals surface area contributed by atoms with E-state index in [2.05, 4.69) is 15.6 Å². The lowest BCUT2D eigenvalue weighted by Crippen LogP contribution is -2.55. The summed E-state index contributed by atoms with van der Waals surface area (Å²) >= 11 is 0. The second-order valence-corrected chi connectivity index (χ2v) is 12.7. The van der Waals surface area contributed by atoms with Crippen molar-refractivity contribution >= 4 is 67.9 Å². The molecule has 0 radical (unpaired) electrons. The number of rotatable bonds is 12. The first-order valence-electron chi connectivity index (χ1n) is 13.9. The molecule has 0 aliphatic carbocycles. The first-order chi connectivity index (χ1) is 21.4. The standard InChI is InChI=1S/C30H31N5O9S/c1-45(43,44)14-6-11-26(38)34-16-22(33-29(41)28-21-8-3-2-7-19(21)12-13-31-28)30(42)35(24-10-5-4-9-23(24)34)17-25(37)32-20(18-36)15-27(39)40/h2-5,7-10,12-13,18,20,22H,6,11,14-17H2,1H3,(H,32,37)(H,33,41)(H,39,40). The van der Waals surface area contributed by atoms with Crippen molar-refractivity contribution in [3.05, 3.63) is 66.5 Å². The third kappa shape index (κ3) is 8.26. The van der Waals surface area contributed by atoms with E-state index in [4.69, 9.17) is 5.11 Å². The Morgan fingerprint density at radius 1 is 1.07 bits per heavy atom. The molecule has 3 N–H and O–H groups in total. The fourth-order valence-corrected chi connectivity index (χ4v) is 5.63. The van der Waals surface area contributed by atoms with Crippen LogP contribution in [0.2, 0.25) is 0 Å². The van der Waals surface area contributed by atoms with Crippen LogP contribution in [0.1, 0.15) is 29.8 Å². The van der Waals surface area contributed by atoms with Crippen molar-refractivity contribution in [2.45, 2.75) is 31.3 Å². The molecule has 0 spiro atoms. The third-order valence-electron chi connectivity index (χ3n) is 7.00. The maximum Gasteiger partial charge on any atom is 0.305 e. The molecule has 0 bridgehead atoms. The quantitative estimate of drug-likeness (QED) is 0.237. The highest BCUT2D eigenvalue weighted by atomic mass is 32.2. The van der Waals surface area contributed by atoms with Gasteiger partial charge in [0, 0.05) is 24.3 Å². The molecule has 236 valence electrons. The molecular weight excluding hydrogens is 606 g/mol. The number of aliphatic carboxylic acids is 1. The molecule has 0 saturated carbocycles. The van der Waals surface area contributed by atoms with Crippen LogP contribution >= 0.6 is 0 Å². The number of hydrogen-bond donors (Lipinski definition) is 3. The van der Waals surface area contributed by atoms with E-state index in [0.29, 0.717) is 5.39 Å². The third-order valence-corrected chi connectivity index (χ3v) is 8.03. The highest BCUT2D eigenvalue weighted by Gasteiger charge is 2.38. The zero-order valence-electron chi connectivity index (χ0n) is 24.2. The Bertz CT molecular complexity index is 1760. The van der Waals surface area contributed by atoms with Crippen molar-refractivity contribution in [1.29, 1.82) is 0 Å². The molecular formula is C30H31N5O9S. The smallest absolute Gasteiger partial charge is 0.305 e. The average molecular weight is 638 g/mol. The molecule has 2 aromatic carbocycles. The zero-order valence-corrected chi connectivity index (χ0v) is 25.0. The largest absolute Gasteiger partial charge is 0.481 e. The van der Waals surface area contributed by atoms with Gasteiger partial charge in [-0.3, -0.25) is 33.9 Å². The lowest BCUT2D eigenvalue weighted by atomic mass is 10.1. The molecule has 4 amide bonds. The predicted octanol–water partition coefficient (Wildman–Crippen LogP) is 0.696. The molecule has 2 unspecified atom stereocenters. The van der Waals surface area contributed by atoms with E-state index in [9.17, 15) is 37.2 Å². The number of fused-ring (bicyclic) bond motifs is 2. The first-order valence-corrected chi connectivity index (χ1v) is 15.9. The van der Waals surface area contributed by atoms with Crippen molar-refractivity contribution in [3.8, 4) is 0 Å². The molecule has 1 aliphatic rings.